The highest BCUT2D eigenvalue weighted by molar-refractivity contribution is 9.10. The molecule has 0 saturated heterocycles. The number of aromatic nitrogens is 2. The van der Waals surface area contributed by atoms with Crippen LogP contribution >= 0.6 is 27.3 Å². The Kier molecular flexibility index (Phi) is 5.98. The molecule has 27 heavy (non-hydrogen) atoms. The fourth-order valence-electron chi connectivity index (χ4n) is 2.37. The number of nitrogens with zero attached hydrogens (tertiary/aromatic N) is 2. The van der Waals surface area contributed by atoms with E-state index in [4.69, 9.17) is 0 Å². The molecule has 0 aliphatic rings. The van der Waals surface area contributed by atoms with E-state index < -0.39 is 6.04 Å². The molecule has 0 bridgehead atoms. The first-order valence-electron chi connectivity index (χ1n) is 8.21. The van der Waals surface area contributed by atoms with Crippen molar-refractivity contribution in [2.45, 2.75) is 19.9 Å². The van der Waals surface area contributed by atoms with Crippen LogP contribution in [0, 0.1) is 6.92 Å². The molecule has 1 heterocycles. The van der Waals surface area contributed by atoms with Gasteiger partial charge in [-0.2, -0.15) is 0 Å². The van der Waals surface area contributed by atoms with Gasteiger partial charge in [-0.1, -0.05) is 47.2 Å². The average Bonchev–Trinajstić information content (AvgIpc) is 3.10. The molecule has 0 radical (unpaired) electrons. The first kappa shape index (κ1) is 19.2. The second-order valence-corrected chi connectivity index (χ2v) is 7.78. The Bertz CT molecular complexity index is 989. The van der Waals surface area contributed by atoms with E-state index in [-0.39, 0.29) is 11.8 Å². The molecule has 1 atom stereocenters. The lowest BCUT2D eigenvalue weighted by atomic mass is 10.1. The van der Waals surface area contributed by atoms with Gasteiger partial charge < -0.3 is 5.32 Å². The topological polar surface area (TPSA) is 84.0 Å². The number of benzene rings is 2. The largest absolute Gasteiger partial charge is 0.340 e. The minimum atomic E-state index is -0.726. The van der Waals surface area contributed by atoms with E-state index in [1.807, 2.05) is 37.3 Å². The molecule has 6 nitrogen and oxygen atoms in total. The maximum atomic E-state index is 12.4. The van der Waals surface area contributed by atoms with Crippen molar-refractivity contribution in [2.24, 2.45) is 0 Å². The standard InChI is InChI=1S/C19H17BrN4O2S/c1-11-6-5-7-13(10-11)18-23-24-19(27-18)22-16(25)12(2)21-17(26)14-8-3-4-9-15(14)20/h3-10,12H,1-2H3,(H,21,26)(H,22,24,25)/t12-/m1/s1. The SMILES string of the molecule is Cc1cccc(-c2nnc(NC(=O)[C@@H](C)NC(=O)c3ccccc3Br)s2)c1. The second kappa shape index (κ2) is 8.41. The predicted octanol–water partition coefficient (Wildman–Crippen LogP) is 4.03. The number of carbonyl (C=O) groups excluding carboxylic acids is 2. The lowest BCUT2D eigenvalue weighted by Crippen LogP contribution is -2.41. The van der Waals surface area contributed by atoms with Crippen LogP contribution < -0.4 is 10.6 Å². The van der Waals surface area contributed by atoms with Crippen LogP contribution in [0.5, 0.6) is 0 Å². The molecule has 2 amide bonds. The van der Waals surface area contributed by atoms with E-state index in [1.54, 1.807) is 25.1 Å². The van der Waals surface area contributed by atoms with Gasteiger partial charge in [0.1, 0.15) is 11.0 Å². The van der Waals surface area contributed by atoms with Crippen molar-refractivity contribution in [2.75, 3.05) is 5.32 Å². The zero-order valence-corrected chi connectivity index (χ0v) is 17.1. The van der Waals surface area contributed by atoms with E-state index in [0.717, 1.165) is 16.1 Å². The summed E-state index contributed by atoms with van der Waals surface area (Å²) in [6.07, 6.45) is 0. The van der Waals surface area contributed by atoms with Crippen LogP contribution in [-0.4, -0.2) is 28.1 Å². The molecule has 1 aromatic heterocycles. The Labute approximate surface area is 169 Å². The van der Waals surface area contributed by atoms with Crippen LogP contribution in [0.2, 0.25) is 0 Å². The zero-order chi connectivity index (χ0) is 19.4. The zero-order valence-electron chi connectivity index (χ0n) is 14.7. The maximum Gasteiger partial charge on any atom is 0.253 e. The molecule has 0 saturated carbocycles. The average molecular weight is 445 g/mol. The normalized spacial score (nSPS) is 11.7. The molecule has 0 fully saturated rings. The first-order valence-corrected chi connectivity index (χ1v) is 9.82. The van der Waals surface area contributed by atoms with Crippen LogP contribution in [0.3, 0.4) is 0 Å². The second-order valence-electron chi connectivity index (χ2n) is 5.95. The summed E-state index contributed by atoms with van der Waals surface area (Å²) in [6, 6.07) is 14.2. The Morgan fingerprint density at radius 3 is 2.63 bits per heavy atom. The lowest BCUT2D eigenvalue weighted by Gasteiger charge is -2.13. The molecule has 0 aliphatic carbocycles. The van der Waals surface area contributed by atoms with Crippen molar-refractivity contribution in [1.82, 2.24) is 15.5 Å². The van der Waals surface area contributed by atoms with Crippen molar-refractivity contribution < 1.29 is 9.59 Å². The van der Waals surface area contributed by atoms with E-state index in [1.165, 1.54) is 11.3 Å². The van der Waals surface area contributed by atoms with E-state index in [9.17, 15) is 9.59 Å². The van der Waals surface area contributed by atoms with Gasteiger partial charge in [0.25, 0.3) is 5.91 Å². The van der Waals surface area contributed by atoms with Gasteiger partial charge in [0.2, 0.25) is 11.0 Å². The summed E-state index contributed by atoms with van der Waals surface area (Å²) in [6.45, 7) is 3.62. The van der Waals surface area contributed by atoms with E-state index in [0.29, 0.717) is 15.2 Å². The monoisotopic (exact) mass is 444 g/mol. The van der Waals surface area contributed by atoms with Crippen LogP contribution in [0.4, 0.5) is 5.13 Å². The van der Waals surface area contributed by atoms with Gasteiger partial charge >= 0.3 is 0 Å². The van der Waals surface area contributed by atoms with Gasteiger partial charge in [-0.05, 0) is 48.0 Å². The highest BCUT2D eigenvalue weighted by Crippen LogP contribution is 2.26. The van der Waals surface area contributed by atoms with Crippen molar-refractivity contribution in [1.29, 1.82) is 0 Å². The van der Waals surface area contributed by atoms with Gasteiger partial charge in [-0.15, -0.1) is 10.2 Å². The Balaban J connectivity index is 1.63. The maximum absolute atomic E-state index is 12.4. The molecule has 3 rings (SSSR count). The highest BCUT2D eigenvalue weighted by Gasteiger charge is 2.19. The Morgan fingerprint density at radius 1 is 1.11 bits per heavy atom. The van der Waals surface area contributed by atoms with E-state index in [2.05, 4.69) is 36.8 Å². The number of anilines is 1. The van der Waals surface area contributed by atoms with Crippen LogP contribution in [0.25, 0.3) is 10.6 Å². The van der Waals surface area contributed by atoms with E-state index >= 15 is 0 Å². The summed E-state index contributed by atoms with van der Waals surface area (Å²) < 4.78 is 0.669. The molecule has 0 spiro atoms. The fraction of sp³-hybridized carbons (Fsp3) is 0.158. The summed E-state index contributed by atoms with van der Waals surface area (Å²) in [7, 11) is 0. The van der Waals surface area contributed by atoms with Crippen molar-refractivity contribution in [3.63, 3.8) is 0 Å². The van der Waals surface area contributed by atoms with Crippen LogP contribution in [0.15, 0.2) is 53.0 Å². The third-order valence-electron chi connectivity index (χ3n) is 3.78. The molecule has 0 unspecified atom stereocenters. The predicted molar refractivity (Wildman–Crippen MR) is 110 cm³/mol. The molecule has 2 aromatic carbocycles. The van der Waals surface area contributed by atoms with Crippen molar-refractivity contribution in [3.8, 4) is 10.6 Å². The molecule has 3 aromatic rings. The third-order valence-corrected chi connectivity index (χ3v) is 5.36. The van der Waals surface area contributed by atoms with Gasteiger partial charge in [0.15, 0.2) is 0 Å². The number of hydrogen-bond acceptors (Lipinski definition) is 5. The van der Waals surface area contributed by atoms with Gasteiger partial charge in [-0.25, -0.2) is 0 Å². The number of rotatable bonds is 5. The minimum Gasteiger partial charge on any atom is -0.340 e. The van der Waals surface area contributed by atoms with Gasteiger partial charge in [0.05, 0.1) is 5.56 Å². The highest BCUT2D eigenvalue weighted by atomic mass is 79.9. The number of amides is 2. The number of carbonyl (C=O) groups is 2. The Hall–Kier alpha value is -2.58. The van der Waals surface area contributed by atoms with Gasteiger partial charge in [0, 0.05) is 10.0 Å². The molecule has 2 N–H and O–H groups in total. The molecular weight excluding hydrogens is 428 g/mol. The van der Waals surface area contributed by atoms with Gasteiger partial charge in [-0.3, -0.25) is 14.9 Å². The lowest BCUT2D eigenvalue weighted by molar-refractivity contribution is -0.117. The quantitative estimate of drug-likeness (QED) is 0.621. The fourth-order valence-corrected chi connectivity index (χ4v) is 3.58. The summed E-state index contributed by atoms with van der Waals surface area (Å²) in [5.41, 5.74) is 2.54. The molecular formula is C19H17BrN4O2S. The first-order chi connectivity index (χ1) is 12.9. The minimum absolute atomic E-state index is 0.331. The Morgan fingerprint density at radius 2 is 1.89 bits per heavy atom. The van der Waals surface area contributed by atoms with Crippen molar-refractivity contribution in [3.05, 3.63) is 64.1 Å². The number of halogens is 1. The third kappa shape index (κ3) is 4.78. The summed E-state index contributed by atoms with van der Waals surface area (Å²) in [5, 5.41) is 14.6. The molecule has 138 valence electrons. The molecule has 0 aliphatic heterocycles. The summed E-state index contributed by atoms with van der Waals surface area (Å²) in [4.78, 5) is 24.7. The number of hydrogen-bond donors (Lipinski definition) is 2. The smallest absolute Gasteiger partial charge is 0.253 e. The molecule has 8 heteroatoms. The van der Waals surface area contributed by atoms with Crippen molar-refractivity contribution >= 4 is 44.2 Å². The number of aryl methyl sites for hydroxylation is 1. The van der Waals surface area contributed by atoms with Crippen LogP contribution in [-0.2, 0) is 4.79 Å². The summed E-state index contributed by atoms with van der Waals surface area (Å²) >= 11 is 4.61. The number of nitrogens with one attached hydrogen (secondary N) is 2. The van der Waals surface area contributed by atoms with Crippen LogP contribution in [0.1, 0.15) is 22.8 Å². The summed E-state index contributed by atoms with van der Waals surface area (Å²) in [5.74, 6) is -0.690.